The number of amides is 2. The van der Waals surface area contributed by atoms with Crippen LogP contribution in [0.4, 0.5) is 0 Å². The lowest BCUT2D eigenvalue weighted by molar-refractivity contribution is -0.157. The van der Waals surface area contributed by atoms with Gasteiger partial charge in [-0.15, -0.1) is 0 Å². The average Bonchev–Trinajstić information content (AvgIpc) is 3.31. The molecule has 31 heavy (non-hydrogen) atoms. The molecule has 0 saturated heterocycles. The fourth-order valence-electron chi connectivity index (χ4n) is 3.78. The van der Waals surface area contributed by atoms with E-state index in [1.54, 1.807) is 30.3 Å². The molecular formula is C22H23ClN2O6. The van der Waals surface area contributed by atoms with Gasteiger partial charge in [0.1, 0.15) is 12.1 Å². The van der Waals surface area contributed by atoms with Crippen LogP contribution in [-0.2, 0) is 24.7 Å². The highest BCUT2D eigenvalue weighted by Crippen LogP contribution is 2.42. The van der Waals surface area contributed by atoms with Crippen molar-refractivity contribution in [2.45, 2.75) is 31.2 Å². The van der Waals surface area contributed by atoms with Crippen molar-refractivity contribution < 1.29 is 28.3 Å². The normalized spacial score (nSPS) is 18.3. The summed E-state index contributed by atoms with van der Waals surface area (Å²) in [6.45, 7) is -0.990. The highest BCUT2D eigenvalue weighted by molar-refractivity contribution is 6.31. The first-order valence-electron chi connectivity index (χ1n) is 9.88. The Labute approximate surface area is 184 Å². The molecule has 1 fully saturated rings. The fraction of sp³-hybridized carbons (Fsp3) is 0.364. The number of ketones is 1. The Morgan fingerprint density at radius 3 is 2.65 bits per heavy atom. The third-order valence-electron chi connectivity index (χ3n) is 5.41. The summed E-state index contributed by atoms with van der Waals surface area (Å²) < 4.78 is 9.94. The molecule has 9 heteroatoms. The Kier molecular flexibility index (Phi) is 7.12. The van der Waals surface area contributed by atoms with Gasteiger partial charge in [0, 0.05) is 24.1 Å². The number of furan rings is 1. The fourth-order valence-corrected chi connectivity index (χ4v) is 4.07. The van der Waals surface area contributed by atoms with Crippen molar-refractivity contribution in [2.24, 2.45) is 0 Å². The lowest BCUT2D eigenvalue weighted by Gasteiger charge is -2.43. The minimum atomic E-state index is -1.20. The summed E-state index contributed by atoms with van der Waals surface area (Å²) in [4.78, 5) is 51.0. The predicted octanol–water partition coefficient (Wildman–Crippen LogP) is 2.70. The second-order valence-corrected chi connectivity index (χ2v) is 7.65. The maximum Gasteiger partial charge on any atom is 0.325 e. The van der Waals surface area contributed by atoms with Gasteiger partial charge in [-0.3, -0.25) is 19.2 Å². The van der Waals surface area contributed by atoms with E-state index in [0.29, 0.717) is 23.4 Å². The molecule has 1 atom stereocenters. The van der Waals surface area contributed by atoms with Gasteiger partial charge in [-0.1, -0.05) is 29.8 Å². The molecule has 2 amide bonds. The molecule has 8 nitrogen and oxygen atoms in total. The minimum absolute atomic E-state index is 0.0566. The number of esters is 1. The second-order valence-electron chi connectivity index (χ2n) is 7.24. The maximum atomic E-state index is 13.0. The van der Waals surface area contributed by atoms with Crippen LogP contribution in [-0.4, -0.2) is 48.7 Å². The molecule has 1 aromatic carbocycles. The maximum absolute atomic E-state index is 13.0. The van der Waals surface area contributed by atoms with E-state index >= 15 is 0 Å². The van der Waals surface area contributed by atoms with Gasteiger partial charge >= 0.3 is 5.97 Å². The lowest BCUT2D eigenvalue weighted by Crippen LogP contribution is -2.55. The molecule has 0 aliphatic heterocycles. The van der Waals surface area contributed by atoms with Crippen LogP contribution in [0.2, 0.25) is 5.02 Å². The molecule has 2 aromatic rings. The van der Waals surface area contributed by atoms with Crippen molar-refractivity contribution in [3.8, 4) is 0 Å². The highest BCUT2D eigenvalue weighted by Gasteiger charge is 2.47. The molecule has 0 spiro atoms. The van der Waals surface area contributed by atoms with E-state index in [9.17, 15) is 19.2 Å². The zero-order valence-corrected chi connectivity index (χ0v) is 17.8. The first-order chi connectivity index (χ1) is 14.9. The molecule has 1 saturated carbocycles. The average molecular weight is 447 g/mol. The molecule has 1 aromatic heterocycles. The zero-order valence-electron chi connectivity index (χ0n) is 17.1. The van der Waals surface area contributed by atoms with E-state index < -0.39 is 36.5 Å². The second kappa shape index (κ2) is 9.78. The Hall–Kier alpha value is -3.13. The molecule has 1 heterocycles. The molecule has 0 unspecified atom stereocenters. The number of rotatable bonds is 7. The smallest absolute Gasteiger partial charge is 0.325 e. The number of hydrogen-bond donors (Lipinski definition) is 1. The van der Waals surface area contributed by atoms with Crippen LogP contribution in [0, 0.1) is 0 Å². The van der Waals surface area contributed by atoms with Crippen LogP contribution >= 0.6 is 11.6 Å². The van der Waals surface area contributed by atoms with E-state index in [1.807, 2.05) is 0 Å². The van der Waals surface area contributed by atoms with Gasteiger partial charge in [-0.05, 0) is 37.5 Å². The van der Waals surface area contributed by atoms with Gasteiger partial charge in [0.25, 0.3) is 11.8 Å². The summed E-state index contributed by atoms with van der Waals surface area (Å²) in [6, 6.07) is 9.95. The van der Waals surface area contributed by atoms with Crippen molar-refractivity contribution >= 4 is 35.2 Å². The van der Waals surface area contributed by atoms with Gasteiger partial charge in [0.2, 0.25) is 0 Å². The quantitative estimate of drug-likeness (QED) is 0.655. The van der Waals surface area contributed by atoms with E-state index in [-0.39, 0.29) is 11.5 Å². The summed E-state index contributed by atoms with van der Waals surface area (Å²) >= 11 is 6.38. The zero-order chi connectivity index (χ0) is 22.4. The third kappa shape index (κ3) is 4.80. The molecule has 1 aliphatic rings. The van der Waals surface area contributed by atoms with Crippen molar-refractivity contribution in [3.05, 3.63) is 59.0 Å². The Balaban J connectivity index is 1.65. The summed E-state index contributed by atoms with van der Waals surface area (Å²) in [7, 11) is 1.52. The number of carbonyl (C=O) groups excluding carboxylic acids is 4. The van der Waals surface area contributed by atoms with Gasteiger partial charge < -0.3 is 19.4 Å². The molecule has 0 bridgehead atoms. The number of ether oxygens (including phenoxy) is 1. The summed E-state index contributed by atoms with van der Waals surface area (Å²) in [5.74, 6) is -1.94. The monoisotopic (exact) mass is 446 g/mol. The summed E-state index contributed by atoms with van der Waals surface area (Å²) in [5, 5.41) is 2.74. The summed E-state index contributed by atoms with van der Waals surface area (Å²) in [5.41, 5.74) is -0.637. The molecule has 0 radical (unpaired) electrons. The Bertz CT molecular complexity index is 974. The Morgan fingerprint density at radius 1 is 1.19 bits per heavy atom. The number of hydrogen-bond acceptors (Lipinski definition) is 6. The van der Waals surface area contributed by atoms with E-state index in [2.05, 4.69) is 5.32 Å². The van der Waals surface area contributed by atoms with Crippen LogP contribution in [0.5, 0.6) is 0 Å². The van der Waals surface area contributed by atoms with Crippen molar-refractivity contribution in [3.63, 3.8) is 0 Å². The number of carbonyl (C=O) groups is 4. The molecule has 1 N–H and O–H groups in total. The highest BCUT2D eigenvalue weighted by atomic mass is 35.5. The van der Waals surface area contributed by atoms with E-state index in [0.717, 1.165) is 12.8 Å². The molecule has 1 aliphatic carbocycles. The molecule has 3 rings (SSSR count). The standard InChI is InChI=1S/C22H23ClN2O6/c1-25(19(27)14-31-20(28)13-24-21(29)17-9-6-12-30-17)22(11-5-4-10-18(22)26)15-7-2-3-8-16(15)23/h2-3,6-9,12H,4-5,10-11,13-14H2,1H3,(H,24,29)/t22-/m0/s1. The molecule has 164 valence electrons. The lowest BCUT2D eigenvalue weighted by atomic mass is 9.74. The van der Waals surface area contributed by atoms with Gasteiger partial charge in [0.15, 0.2) is 18.2 Å². The first kappa shape index (κ1) is 22.6. The van der Waals surface area contributed by atoms with Gasteiger partial charge in [-0.25, -0.2) is 0 Å². The predicted molar refractivity (Wildman–Crippen MR) is 111 cm³/mol. The van der Waals surface area contributed by atoms with E-state index in [4.69, 9.17) is 20.8 Å². The first-order valence-corrected chi connectivity index (χ1v) is 10.3. The number of nitrogens with zero attached hydrogens (tertiary/aromatic N) is 1. The largest absolute Gasteiger partial charge is 0.459 e. The van der Waals surface area contributed by atoms with Gasteiger partial charge in [-0.2, -0.15) is 0 Å². The Morgan fingerprint density at radius 2 is 1.97 bits per heavy atom. The van der Waals surface area contributed by atoms with Crippen LogP contribution in [0.25, 0.3) is 0 Å². The minimum Gasteiger partial charge on any atom is -0.459 e. The number of halogens is 1. The third-order valence-corrected chi connectivity index (χ3v) is 5.74. The van der Waals surface area contributed by atoms with Crippen molar-refractivity contribution in [1.29, 1.82) is 0 Å². The van der Waals surface area contributed by atoms with Crippen LogP contribution in [0.1, 0.15) is 41.8 Å². The van der Waals surface area contributed by atoms with E-state index in [1.165, 1.54) is 24.3 Å². The number of Topliss-reactive ketones (excluding diaryl/α,β-unsaturated/α-hetero) is 1. The van der Waals surface area contributed by atoms with Gasteiger partial charge in [0.05, 0.1) is 6.26 Å². The number of likely N-dealkylation sites (N-methyl/N-ethyl adjacent to an activating group) is 1. The van der Waals surface area contributed by atoms with Crippen LogP contribution in [0.15, 0.2) is 47.1 Å². The number of benzene rings is 1. The SMILES string of the molecule is CN(C(=O)COC(=O)CNC(=O)c1ccco1)[C@]1(c2ccccc2Cl)CCCCC1=O. The number of nitrogens with one attached hydrogen (secondary N) is 1. The molecular weight excluding hydrogens is 424 g/mol. The van der Waals surface area contributed by atoms with Crippen LogP contribution < -0.4 is 5.32 Å². The summed E-state index contributed by atoms with van der Waals surface area (Å²) in [6.07, 6.45) is 3.61. The van der Waals surface area contributed by atoms with Crippen molar-refractivity contribution in [1.82, 2.24) is 10.2 Å². The van der Waals surface area contributed by atoms with Crippen molar-refractivity contribution in [2.75, 3.05) is 20.2 Å². The topological polar surface area (TPSA) is 106 Å². The van der Waals surface area contributed by atoms with Crippen LogP contribution in [0.3, 0.4) is 0 Å².